The van der Waals surface area contributed by atoms with Gasteiger partial charge in [-0.2, -0.15) is 0 Å². The summed E-state index contributed by atoms with van der Waals surface area (Å²) >= 11 is 0. The van der Waals surface area contributed by atoms with Gasteiger partial charge in [-0.1, -0.05) is 60.7 Å². The van der Waals surface area contributed by atoms with Crippen LogP contribution in [0.2, 0.25) is 0 Å². The van der Waals surface area contributed by atoms with E-state index in [-0.39, 0.29) is 24.5 Å². The molecule has 5 N–H and O–H groups in total. The minimum absolute atomic E-state index is 0. The average Bonchev–Trinajstić information content (AvgIpc) is 2.70. The van der Waals surface area contributed by atoms with Crippen LogP contribution < -0.4 is 11.5 Å². The number of hydrogen-bond acceptors (Lipinski definition) is 4. The molecule has 0 aliphatic rings. The second-order valence-corrected chi connectivity index (χ2v) is 7.06. The molecule has 0 saturated heterocycles. The van der Waals surface area contributed by atoms with E-state index in [1.807, 2.05) is 36.5 Å². The number of benzene rings is 2. The highest BCUT2D eigenvalue weighted by atomic mass is 35.5. The topological polar surface area (TPSA) is 85.2 Å². The largest absolute Gasteiger partial charge is 0.391 e. The Bertz CT molecular complexity index is 812. The van der Waals surface area contributed by atoms with Gasteiger partial charge in [-0.3, -0.25) is 4.98 Å². The number of aliphatic hydroxyl groups is 1. The van der Waals surface area contributed by atoms with Crippen LogP contribution in [-0.4, -0.2) is 28.3 Å². The molecule has 0 aliphatic carbocycles. The maximum Gasteiger partial charge on any atom is 0.0709 e. The van der Waals surface area contributed by atoms with Gasteiger partial charge in [0.15, 0.2) is 0 Å². The van der Waals surface area contributed by atoms with Crippen LogP contribution in [0, 0.1) is 0 Å². The van der Waals surface area contributed by atoms with Gasteiger partial charge in [-0.15, -0.1) is 12.4 Å². The molecule has 28 heavy (non-hydrogen) atoms. The van der Waals surface area contributed by atoms with Crippen molar-refractivity contribution >= 4 is 12.4 Å². The summed E-state index contributed by atoms with van der Waals surface area (Å²) in [6.45, 7) is 0. The zero-order chi connectivity index (χ0) is 19.1. The Kier molecular flexibility index (Phi) is 8.61. The standard InChI is InChI=1S/C23H27N3O.ClH/c24-21(13-17-5-2-1-3-6-17)15-23(27)22(25)14-18-8-10-19(11-9-18)20-7-4-12-26-16-20;/h1-12,16,21-23,27H,13-15,24-25H2;1H/t21-,22-,23-;/m0./s1. The first-order valence-corrected chi connectivity index (χ1v) is 9.34. The minimum atomic E-state index is -0.623. The SMILES string of the molecule is Cl.N[C@@H](Cc1ccccc1)C[C@H](O)[C@@H](N)Cc1ccc(-c2cccnc2)cc1. The molecule has 0 fully saturated rings. The molecule has 0 saturated carbocycles. The van der Waals surface area contributed by atoms with Crippen molar-refractivity contribution in [3.63, 3.8) is 0 Å². The maximum atomic E-state index is 10.4. The highest BCUT2D eigenvalue weighted by Crippen LogP contribution is 2.19. The Morgan fingerprint density at radius 2 is 1.46 bits per heavy atom. The van der Waals surface area contributed by atoms with E-state index < -0.39 is 6.10 Å². The van der Waals surface area contributed by atoms with Gasteiger partial charge in [0.25, 0.3) is 0 Å². The second kappa shape index (κ2) is 10.9. The molecule has 5 heteroatoms. The van der Waals surface area contributed by atoms with E-state index in [0.717, 1.165) is 23.1 Å². The molecule has 3 aromatic rings. The first kappa shape index (κ1) is 22.1. The first-order valence-electron chi connectivity index (χ1n) is 9.34. The molecule has 0 radical (unpaired) electrons. The zero-order valence-electron chi connectivity index (χ0n) is 15.8. The number of halogens is 1. The molecular formula is C23H28ClN3O. The average molecular weight is 398 g/mol. The normalized spacial score (nSPS) is 14.0. The molecule has 1 aromatic heterocycles. The third-order valence-corrected chi connectivity index (χ3v) is 4.80. The predicted octanol–water partition coefficient (Wildman–Crippen LogP) is 3.36. The second-order valence-electron chi connectivity index (χ2n) is 7.06. The number of nitrogens with two attached hydrogens (primary N) is 2. The molecule has 4 nitrogen and oxygen atoms in total. The number of nitrogens with zero attached hydrogens (tertiary/aromatic N) is 1. The van der Waals surface area contributed by atoms with E-state index in [1.54, 1.807) is 6.20 Å². The predicted molar refractivity (Wildman–Crippen MR) is 117 cm³/mol. The number of hydrogen-bond donors (Lipinski definition) is 3. The van der Waals surface area contributed by atoms with Gasteiger partial charge in [0.1, 0.15) is 0 Å². The van der Waals surface area contributed by atoms with Gasteiger partial charge in [0.05, 0.1) is 6.10 Å². The van der Waals surface area contributed by atoms with E-state index in [0.29, 0.717) is 12.8 Å². The van der Waals surface area contributed by atoms with Crippen LogP contribution in [0.15, 0.2) is 79.1 Å². The third-order valence-electron chi connectivity index (χ3n) is 4.80. The van der Waals surface area contributed by atoms with Crippen molar-refractivity contribution in [3.05, 3.63) is 90.3 Å². The van der Waals surface area contributed by atoms with Gasteiger partial charge < -0.3 is 16.6 Å². The summed E-state index contributed by atoms with van der Waals surface area (Å²) < 4.78 is 0. The Labute approximate surface area is 173 Å². The summed E-state index contributed by atoms with van der Waals surface area (Å²) in [7, 11) is 0. The lowest BCUT2D eigenvalue weighted by molar-refractivity contribution is 0.126. The van der Waals surface area contributed by atoms with Gasteiger partial charge in [0, 0.05) is 24.5 Å². The van der Waals surface area contributed by atoms with Crippen LogP contribution in [-0.2, 0) is 12.8 Å². The van der Waals surface area contributed by atoms with Gasteiger partial charge >= 0.3 is 0 Å². The molecule has 0 amide bonds. The van der Waals surface area contributed by atoms with Crippen molar-refractivity contribution in [3.8, 4) is 11.1 Å². The van der Waals surface area contributed by atoms with Crippen molar-refractivity contribution in [2.75, 3.05) is 0 Å². The Morgan fingerprint density at radius 1 is 0.786 bits per heavy atom. The van der Waals surface area contributed by atoms with E-state index in [4.69, 9.17) is 11.5 Å². The van der Waals surface area contributed by atoms with Crippen LogP contribution in [0.1, 0.15) is 17.5 Å². The fourth-order valence-corrected chi connectivity index (χ4v) is 3.26. The molecule has 3 atom stereocenters. The molecule has 2 aromatic carbocycles. The number of aromatic nitrogens is 1. The third kappa shape index (κ3) is 6.43. The number of aliphatic hydroxyl groups excluding tert-OH is 1. The quantitative estimate of drug-likeness (QED) is 0.544. The van der Waals surface area contributed by atoms with Crippen LogP contribution in [0.5, 0.6) is 0 Å². The van der Waals surface area contributed by atoms with E-state index >= 15 is 0 Å². The highest BCUT2D eigenvalue weighted by molar-refractivity contribution is 5.85. The summed E-state index contributed by atoms with van der Waals surface area (Å²) in [6.07, 6.45) is 4.84. The van der Waals surface area contributed by atoms with E-state index in [9.17, 15) is 5.11 Å². The minimum Gasteiger partial charge on any atom is -0.391 e. The fourth-order valence-electron chi connectivity index (χ4n) is 3.26. The summed E-state index contributed by atoms with van der Waals surface area (Å²) in [6, 6.07) is 21.8. The maximum absolute atomic E-state index is 10.4. The van der Waals surface area contributed by atoms with Crippen LogP contribution in [0.4, 0.5) is 0 Å². The van der Waals surface area contributed by atoms with Crippen molar-refractivity contribution < 1.29 is 5.11 Å². The van der Waals surface area contributed by atoms with Gasteiger partial charge in [-0.05, 0) is 47.6 Å². The first-order chi connectivity index (χ1) is 13.1. The summed E-state index contributed by atoms with van der Waals surface area (Å²) in [4.78, 5) is 4.15. The van der Waals surface area contributed by atoms with Crippen LogP contribution in [0.3, 0.4) is 0 Å². The monoisotopic (exact) mass is 397 g/mol. The van der Waals surface area contributed by atoms with Gasteiger partial charge in [-0.25, -0.2) is 0 Å². The molecular weight excluding hydrogens is 370 g/mol. The zero-order valence-corrected chi connectivity index (χ0v) is 16.6. The molecule has 0 unspecified atom stereocenters. The van der Waals surface area contributed by atoms with Crippen molar-refractivity contribution in [1.82, 2.24) is 4.98 Å². The summed E-state index contributed by atoms with van der Waals surface area (Å²) in [5, 5.41) is 10.4. The van der Waals surface area contributed by atoms with Crippen molar-refractivity contribution in [2.24, 2.45) is 11.5 Å². The highest BCUT2D eigenvalue weighted by Gasteiger charge is 2.19. The van der Waals surface area contributed by atoms with Gasteiger partial charge in [0.2, 0.25) is 0 Å². The summed E-state index contributed by atoms with van der Waals surface area (Å²) in [5.74, 6) is 0. The molecule has 0 aliphatic heterocycles. The van der Waals surface area contributed by atoms with Crippen molar-refractivity contribution in [2.45, 2.75) is 37.5 Å². The number of pyridine rings is 1. The molecule has 0 spiro atoms. The number of rotatable bonds is 8. The smallest absolute Gasteiger partial charge is 0.0709 e. The fraction of sp³-hybridized carbons (Fsp3) is 0.261. The Balaban J connectivity index is 0.00000280. The lowest BCUT2D eigenvalue weighted by Gasteiger charge is -2.22. The molecule has 0 bridgehead atoms. The summed E-state index contributed by atoms with van der Waals surface area (Å²) in [5.41, 5.74) is 16.9. The van der Waals surface area contributed by atoms with Crippen molar-refractivity contribution in [1.29, 1.82) is 0 Å². The molecule has 1 heterocycles. The van der Waals surface area contributed by atoms with Crippen LogP contribution in [0.25, 0.3) is 11.1 Å². The Hall–Kier alpha value is -2.24. The van der Waals surface area contributed by atoms with Crippen LogP contribution >= 0.6 is 12.4 Å². The lowest BCUT2D eigenvalue weighted by Crippen LogP contribution is -2.41. The molecule has 148 valence electrons. The van der Waals surface area contributed by atoms with E-state index in [1.165, 1.54) is 5.56 Å². The lowest BCUT2D eigenvalue weighted by atomic mass is 9.94. The van der Waals surface area contributed by atoms with E-state index in [2.05, 4.69) is 41.4 Å². The molecule has 3 rings (SSSR count). The Morgan fingerprint density at radius 3 is 2.11 bits per heavy atom.